The van der Waals surface area contributed by atoms with Gasteiger partial charge in [-0.25, -0.2) is 0 Å². The van der Waals surface area contributed by atoms with Crippen molar-refractivity contribution < 1.29 is 9.57 Å². The average molecular weight is 306 g/mol. The minimum Gasteiger partial charge on any atom is -0.724 e. The molecular weight excluding hydrogens is 290 g/mol. The van der Waals surface area contributed by atoms with Crippen molar-refractivity contribution in [3.8, 4) is 22.6 Å². The number of anilines is 1. The first kappa shape index (κ1) is 14.9. The van der Waals surface area contributed by atoms with E-state index in [1.165, 1.54) is 0 Å². The number of methoxy groups -OCH3 is 1. The molecule has 0 aliphatic heterocycles. The predicted molar refractivity (Wildman–Crippen MR) is 91.3 cm³/mol. The van der Waals surface area contributed by atoms with Crippen LogP contribution in [0.4, 0.5) is 5.69 Å². The fraction of sp³-hybridized carbons (Fsp3) is 0.0526. The molecule has 0 saturated carbocycles. The van der Waals surface area contributed by atoms with E-state index in [4.69, 9.17) is 9.57 Å². The van der Waals surface area contributed by atoms with Gasteiger partial charge in [0.25, 0.3) is 0 Å². The summed E-state index contributed by atoms with van der Waals surface area (Å²) >= 11 is 0. The van der Waals surface area contributed by atoms with Crippen LogP contribution in [0.1, 0.15) is 0 Å². The van der Waals surface area contributed by atoms with E-state index in [2.05, 4.69) is 0 Å². The smallest absolute Gasteiger partial charge is 0.154 e. The topological polar surface area (TPSA) is 44.8 Å². The number of rotatable bonds is 5. The van der Waals surface area contributed by atoms with Gasteiger partial charge >= 0.3 is 0 Å². The Morgan fingerprint density at radius 2 is 1.26 bits per heavy atom. The lowest BCUT2D eigenvalue weighted by Gasteiger charge is -2.29. The van der Waals surface area contributed by atoms with E-state index in [0.717, 1.165) is 11.1 Å². The molecule has 0 aliphatic rings. The predicted octanol–water partition coefficient (Wildman–Crippen LogP) is 4.66. The number of nitrogens with zero attached hydrogens (tertiary/aromatic N) is 1. The van der Waals surface area contributed by atoms with E-state index in [-0.39, 0.29) is 0 Å². The average Bonchev–Trinajstić information content (AvgIpc) is 2.63. The molecule has 0 atom stereocenters. The maximum Gasteiger partial charge on any atom is 0.154 e. The van der Waals surface area contributed by atoms with Crippen molar-refractivity contribution in [2.75, 3.05) is 12.3 Å². The molecule has 0 aliphatic carbocycles. The third kappa shape index (κ3) is 3.62. The van der Waals surface area contributed by atoms with Crippen LogP contribution >= 0.6 is 0 Å². The Balaban J connectivity index is 1.70. The summed E-state index contributed by atoms with van der Waals surface area (Å²) in [5, 5.41) is 12.5. The lowest BCUT2D eigenvalue weighted by atomic mass is 10.1. The Labute approximate surface area is 135 Å². The van der Waals surface area contributed by atoms with Gasteiger partial charge in [-0.3, -0.25) is 5.23 Å². The molecule has 0 aromatic heterocycles. The molecule has 116 valence electrons. The Bertz CT molecular complexity index is 740. The Kier molecular flexibility index (Phi) is 4.45. The van der Waals surface area contributed by atoms with Crippen LogP contribution in [0.15, 0.2) is 78.9 Å². The third-order valence-electron chi connectivity index (χ3n) is 3.43. The largest absolute Gasteiger partial charge is 0.724 e. The fourth-order valence-electron chi connectivity index (χ4n) is 2.19. The van der Waals surface area contributed by atoms with Crippen LogP contribution in [-0.2, 0) is 0 Å². The summed E-state index contributed by atoms with van der Waals surface area (Å²) in [6.45, 7) is 0. The highest BCUT2D eigenvalue weighted by Gasteiger charge is 2.01. The first-order valence-corrected chi connectivity index (χ1v) is 7.21. The molecule has 3 rings (SSSR count). The molecule has 0 amide bonds. The van der Waals surface area contributed by atoms with Crippen molar-refractivity contribution in [1.29, 1.82) is 0 Å². The van der Waals surface area contributed by atoms with Gasteiger partial charge in [-0.15, -0.1) is 0 Å². The van der Waals surface area contributed by atoms with Gasteiger partial charge in [0.1, 0.15) is 5.75 Å². The highest BCUT2D eigenvalue weighted by Crippen LogP contribution is 2.24. The van der Waals surface area contributed by atoms with Crippen molar-refractivity contribution in [3.05, 3.63) is 84.1 Å². The lowest BCUT2D eigenvalue weighted by Crippen LogP contribution is -2.19. The molecule has 0 fully saturated rings. The monoisotopic (exact) mass is 306 g/mol. The number of ether oxygens (including phenoxy) is 1. The normalized spacial score (nSPS) is 10.2. The summed E-state index contributed by atoms with van der Waals surface area (Å²) in [5.41, 5.74) is 2.59. The van der Waals surface area contributed by atoms with Crippen LogP contribution < -0.4 is 14.8 Å². The summed E-state index contributed by atoms with van der Waals surface area (Å²) in [5.74, 6) is 1.17. The molecular formula is C19H16NO3-. The molecule has 0 heterocycles. The van der Waals surface area contributed by atoms with Crippen LogP contribution in [0.5, 0.6) is 11.5 Å². The number of hydrogen-bond donors (Lipinski definition) is 0. The summed E-state index contributed by atoms with van der Waals surface area (Å²) in [4.78, 5) is 5.30. The summed E-state index contributed by atoms with van der Waals surface area (Å²) in [6.07, 6.45) is 0. The van der Waals surface area contributed by atoms with E-state index >= 15 is 0 Å². The zero-order valence-corrected chi connectivity index (χ0v) is 12.7. The molecule has 0 bridgehead atoms. The maximum absolute atomic E-state index is 12.0. The SMILES string of the molecule is COc1ccc(N([O-])Oc2ccc(-c3ccccc3)cc2)cc1. The maximum atomic E-state index is 12.0. The Hall–Kier alpha value is -2.98. The van der Waals surface area contributed by atoms with Crippen LogP contribution in [0, 0.1) is 5.21 Å². The van der Waals surface area contributed by atoms with Crippen LogP contribution in [0.3, 0.4) is 0 Å². The summed E-state index contributed by atoms with van der Waals surface area (Å²) in [6, 6.07) is 24.1. The number of hydrogen-bond acceptors (Lipinski definition) is 4. The molecule has 0 spiro atoms. The summed E-state index contributed by atoms with van der Waals surface area (Å²) < 4.78 is 5.06. The van der Waals surface area contributed by atoms with Gasteiger partial charge in [0.15, 0.2) is 5.75 Å². The van der Waals surface area contributed by atoms with E-state index in [0.29, 0.717) is 22.4 Å². The van der Waals surface area contributed by atoms with Crippen LogP contribution in [0.25, 0.3) is 11.1 Å². The molecule has 3 aromatic rings. The standard InChI is InChI=1S/C19H16NO3/c1-22-18-13-9-17(10-14-18)20(21)23-19-11-7-16(8-12-19)15-5-3-2-4-6-15/h2-14H,1H3/q-1. The van der Waals surface area contributed by atoms with Crippen LogP contribution in [0.2, 0.25) is 0 Å². The van der Waals surface area contributed by atoms with Crippen molar-refractivity contribution >= 4 is 5.69 Å². The quantitative estimate of drug-likeness (QED) is 0.643. The van der Waals surface area contributed by atoms with E-state index < -0.39 is 0 Å². The second kappa shape index (κ2) is 6.85. The van der Waals surface area contributed by atoms with Crippen molar-refractivity contribution in [1.82, 2.24) is 0 Å². The molecule has 0 radical (unpaired) electrons. The van der Waals surface area contributed by atoms with Gasteiger partial charge in [-0.1, -0.05) is 42.5 Å². The molecule has 0 saturated heterocycles. The molecule has 0 N–H and O–H groups in total. The number of benzene rings is 3. The molecule has 4 heteroatoms. The lowest BCUT2D eigenvalue weighted by molar-refractivity contribution is 0.319. The van der Waals surface area contributed by atoms with Crippen molar-refractivity contribution in [3.63, 3.8) is 0 Å². The summed E-state index contributed by atoms with van der Waals surface area (Å²) in [7, 11) is 1.58. The first-order chi connectivity index (χ1) is 11.3. The zero-order chi connectivity index (χ0) is 16.1. The molecule has 3 aromatic carbocycles. The minimum atomic E-state index is 0.401. The second-order valence-electron chi connectivity index (χ2n) is 4.94. The van der Waals surface area contributed by atoms with Gasteiger partial charge in [-0.2, -0.15) is 0 Å². The van der Waals surface area contributed by atoms with Gasteiger partial charge in [0.05, 0.1) is 12.8 Å². The molecule has 23 heavy (non-hydrogen) atoms. The Morgan fingerprint density at radius 1 is 0.696 bits per heavy atom. The minimum absolute atomic E-state index is 0.401. The highest BCUT2D eigenvalue weighted by molar-refractivity contribution is 5.64. The fourth-order valence-corrected chi connectivity index (χ4v) is 2.19. The Morgan fingerprint density at radius 3 is 1.87 bits per heavy atom. The van der Waals surface area contributed by atoms with Crippen LogP contribution in [-0.4, -0.2) is 7.11 Å². The van der Waals surface area contributed by atoms with Gasteiger partial charge in [0.2, 0.25) is 0 Å². The first-order valence-electron chi connectivity index (χ1n) is 7.21. The molecule has 0 unspecified atom stereocenters. The van der Waals surface area contributed by atoms with E-state index in [9.17, 15) is 5.21 Å². The van der Waals surface area contributed by atoms with Crippen molar-refractivity contribution in [2.45, 2.75) is 0 Å². The zero-order valence-electron chi connectivity index (χ0n) is 12.7. The van der Waals surface area contributed by atoms with Gasteiger partial charge in [-0.05, 0) is 47.5 Å². The van der Waals surface area contributed by atoms with E-state index in [1.807, 2.05) is 42.5 Å². The second-order valence-corrected chi connectivity index (χ2v) is 4.94. The third-order valence-corrected chi connectivity index (χ3v) is 3.43. The van der Waals surface area contributed by atoms with Gasteiger partial charge in [0, 0.05) is 0 Å². The van der Waals surface area contributed by atoms with Crippen molar-refractivity contribution in [2.24, 2.45) is 0 Å². The highest BCUT2D eigenvalue weighted by atomic mass is 16.9. The van der Waals surface area contributed by atoms with E-state index in [1.54, 1.807) is 43.5 Å². The van der Waals surface area contributed by atoms with Gasteiger partial charge < -0.3 is 14.8 Å². The molecule has 4 nitrogen and oxygen atoms in total.